The number of aromatic nitrogens is 1. The minimum absolute atomic E-state index is 0.0685. The molecular formula is C18H23N3O2S. The van der Waals surface area contributed by atoms with Gasteiger partial charge in [-0.1, -0.05) is 0 Å². The summed E-state index contributed by atoms with van der Waals surface area (Å²) in [6, 6.07) is 7.68. The van der Waals surface area contributed by atoms with Gasteiger partial charge < -0.3 is 15.3 Å². The molecule has 128 valence electrons. The third kappa shape index (κ3) is 3.94. The number of nitrogens with zero attached hydrogens (tertiary/aromatic N) is 2. The Labute approximate surface area is 146 Å². The zero-order valence-corrected chi connectivity index (χ0v) is 14.9. The molecule has 0 saturated carbocycles. The molecule has 1 saturated heterocycles. The van der Waals surface area contributed by atoms with Gasteiger partial charge in [-0.25, -0.2) is 4.98 Å². The predicted molar refractivity (Wildman–Crippen MR) is 96.7 cm³/mol. The first kappa shape index (κ1) is 16.9. The van der Waals surface area contributed by atoms with Crippen molar-refractivity contribution in [3.05, 3.63) is 45.4 Å². The third-order valence-electron chi connectivity index (χ3n) is 4.37. The smallest absolute Gasteiger partial charge is 0.251 e. The number of thiazole rings is 1. The summed E-state index contributed by atoms with van der Waals surface area (Å²) in [5.74, 6) is -0.0685. The van der Waals surface area contributed by atoms with Gasteiger partial charge in [0.05, 0.1) is 23.4 Å². The van der Waals surface area contributed by atoms with E-state index in [-0.39, 0.29) is 12.0 Å². The third-order valence-corrected chi connectivity index (χ3v) is 5.44. The van der Waals surface area contributed by atoms with Crippen LogP contribution in [-0.2, 0) is 6.54 Å². The highest BCUT2D eigenvalue weighted by Gasteiger charge is 2.17. The van der Waals surface area contributed by atoms with Crippen LogP contribution in [0.4, 0.5) is 5.69 Å². The molecule has 2 N–H and O–H groups in total. The van der Waals surface area contributed by atoms with Gasteiger partial charge in [-0.15, -0.1) is 11.3 Å². The van der Waals surface area contributed by atoms with Crippen molar-refractivity contribution in [3.63, 3.8) is 0 Å². The lowest BCUT2D eigenvalue weighted by atomic mass is 10.1. The summed E-state index contributed by atoms with van der Waals surface area (Å²) in [4.78, 5) is 20.0. The summed E-state index contributed by atoms with van der Waals surface area (Å²) >= 11 is 1.62. The molecule has 0 bridgehead atoms. The lowest BCUT2D eigenvalue weighted by Gasteiger charge is -2.31. The molecule has 0 radical (unpaired) electrons. The maximum absolute atomic E-state index is 12.3. The number of aliphatic hydroxyl groups excluding tert-OH is 1. The molecule has 1 amide bonds. The molecule has 1 fully saturated rings. The van der Waals surface area contributed by atoms with Crippen LogP contribution in [0.5, 0.6) is 0 Å². The van der Waals surface area contributed by atoms with E-state index in [1.165, 1.54) is 0 Å². The van der Waals surface area contributed by atoms with Crippen LogP contribution < -0.4 is 10.2 Å². The Bertz CT molecular complexity index is 704. The van der Waals surface area contributed by atoms with Gasteiger partial charge in [-0.3, -0.25) is 4.79 Å². The van der Waals surface area contributed by atoms with Crippen molar-refractivity contribution in [2.24, 2.45) is 0 Å². The van der Waals surface area contributed by atoms with Crippen LogP contribution in [-0.4, -0.2) is 35.2 Å². The fourth-order valence-electron chi connectivity index (χ4n) is 2.95. The van der Waals surface area contributed by atoms with Gasteiger partial charge in [0, 0.05) is 29.2 Å². The molecule has 2 aromatic rings. The number of aryl methyl sites for hydroxylation is 2. The quantitative estimate of drug-likeness (QED) is 0.894. The summed E-state index contributed by atoms with van der Waals surface area (Å²) in [6.07, 6.45) is 1.43. The molecule has 1 aromatic heterocycles. The van der Waals surface area contributed by atoms with Gasteiger partial charge in [-0.2, -0.15) is 0 Å². The van der Waals surface area contributed by atoms with E-state index >= 15 is 0 Å². The maximum Gasteiger partial charge on any atom is 0.251 e. The number of nitrogens with one attached hydrogen (secondary N) is 1. The molecule has 1 aliphatic rings. The van der Waals surface area contributed by atoms with Crippen LogP contribution in [0.2, 0.25) is 0 Å². The number of anilines is 1. The van der Waals surface area contributed by atoms with Crippen molar-refractivity contribution in [1.82, 2.24) is 10.3 Å². The number of hydrogen-bond acceptors (Lipinski definition) is 5. The minimum Gasteiger partial charge on any atom is -0.393 e. The molecule has 0 atom stereocenters. The number of piperidine rings is 1. The van der Waals surface area contributed by atoms with Crippen LogP contribution in [0.3, 0.4) is 0 Å². The Kier molecular flexibility index (Phi) is 5.16. The van der Waals surface area contributed by atoms with Crippen molar-refractivity contribution in [1.29, 1.82) is 0 Å². The number of carbonyl (C=O) groups is 1. The average molecular weight is 345 g/mol. The summed E-state index contributed by atoms with van der Waals surface area (Å²) in [5.41, 5.74) is 2.75. The summed E-state index contributed by atoms with van der Waals surface area (Å²) in [5, 5.41) is 13.6. The number of carbonyl (C=O) groups excluding carboxylic acids is 1. The molecule has 5 nitrogen and oxygen atoms in total. The van der Waals surface area contributed by atoms with Gasteiger partial charge in [0.25, 0.3) is 5.91 Å². The molecule has 1 aliphatic heterocycles. The summed E-state index contributed by atoms with van der Waals surface area (Å²) in [6.45, 7) is 6.17. The first-order valence-corrected chi connectivity index (χ1v) is 9.09. The van der Waals surface area contributed by atoms with Crippen LogP contribution >= 0.6 is 11.3 Å². The monoisotopic (exact) mass is 345 g/mol. The number of benzene rings is 1. The first-order chi connectivity index (χ1) is 11.5. The first-order valence-electron chi connectivity index (χ1n) is 8.27. The SMILES string of the molecule is Cc1nc(C)c(CNC(=O)c2ccc(N3CCC(O)CC3)cc2)s1. The van der Waals surface area contributed by atoms with Gasteiger partial charge in [0.1, 0.15) is 0 Å². The molecule has 3 rings (SSSR count). The highest BCUT2D eigenvalue weighted by Crippen LogP contribution is 2.21. The number of amides is 1. The van der Waals surface area contributed by atoms with Gasteiger partial charge in [0.15, 0.2) is 0 Å². The normalized spacial score (nSPS) is 15.5. The van der Waals surface area contributed by atoms with E-state index in [4.69, 9.17) is 0 Å². The van der Waals surface area contributed by atoms with E-state index in [0.29, 0.717) is 12.1 Å². The number of hydrogen-bond donors (Lipinski definition) is 2. The molecule has 0 aliphatic carbocycles. The Morgan fingerprint density at radius 2 is 1.96 bits per heavy atom. The molecule has 0 spiro atoms. The summed E-state index contributed by atoms with van der Waals surface area (Å²) in [7, 11) is 0. The Morgan fingerprint density at radius 1 is 1.29 bits per heavy atom. The average Bonchev–Trinajstić information content (AvgIpc) is 2.91. The lowest BCUT2D eigenvalue weighted by molar-refractivity contribution is 0.0951. The van der Waals surface area contributed by atoms with Crippen molar-refractivity contribution >= 4 is 22.9 Å². The topological polar surface area (TPSA) is 65.5 Å². The second-order valence-corrected chi connectivity index (χ2v) is 7.48. The van der Waals surface area contributed by atoms with E-state index in [9.17, 15) is 9.90 Å². The highest BCUT2D eigenvalue weighted by atomic mass is 32.1. The second-order valence-electron chi connectivity index (χ2n) is 6.19. The highest BCUT2D eigenvalue weighted by molar-refractivity contribution is 7.11. The van der Waals surface area contributed by atoms with Crippen LogP contribution in [0.25, 0.3) is 0 Å². The van der Waals surface area contributed by atoms with E-state index < -0.39 is 0 Å². The van der Waals surface area contributed by atoms with E-state index in [0.717, 1.165) is 47.2 Å². The van der Waals surface area contributed by atoms with Crippen LogP contribution in [0.15, 0.2) is 24.3 Å². The number of aliphatic hydroxyl groups is 1. The zero-order valence-electron chi connectivity index (χ0n) is 14.1. The molecular weight excluding hydrogens is 322 g/mol. The zero-order chi connectivity index (χ0) is 17.1. The van der Waals surface area contributed by atoms with Gasteiger partial charge >= 0.3 is 0 Å². The van der Waals surface area contributed by atoms with Crippen LogP contribution in [0.1, 0.15) is 38.8 Å². The Hall–Kier alpha value is -1.92. The Morgan fingerprint density at radius 3 is 2.54 bits per heavy atom. The second kappa shape index (κ2) is 7.32. The molecule has 24 heavy (non-hydrogen) atoms. The van der Waals surface area contributed by atoms with Crippen LogP contribution in [0, 0.1) is 13.8 Å². The van der Waals surface area contributed by atoms with Crippen molar-refractivity contribution in [2.75, 3.05) is 18.0 Å². The molecule has 6 heteroatoms. The molecule has 2 heterocycles. The van der Waals surface area contributed by atoms with Crippen molar-refractivity contribution in [2.45, 2.75) is 39.3 Å². The molecule has 0 unspecified atom stereocenters. The number of rotatable bonds is 4. The molecule has 1 aromatic carbocycles. The van der Waals surface area contributed by atoms with Gasteiger partial charge in [0.2, 0.25) is 0 Å². The van der Waals surface area contributed by atoms with E-state index in [1.54, 1.807) is 11.3 Å². The fourth-order valence-corrected chi connectivity index (χ4v) is 3.82. The van der Waals surface area contributed by atoms with E-state index in [2.05, 4.69) is 15.2 Å². The largest absolute Gasteiger partial charge is 0.393 e. The van der Waals surface area contributed by atoms with Crippen molar-refractivity contribution < 1.29 is 9.90 Å². The predicted octanol–water partition coefficient (Wildman–Crippen LogP) is 2.65. The van der Waals surface area contributed by atoms with E-state index in [1.807, 2.05) is 38.1 Å². The summed E-state index contributed by atoms with van der Waals surface area (Å²) < 4.78 is 0. The fraction of sp³-hybridized carbons (Fsp3) is 0.444. The lowest BCUT2D eigenvalue weighted by Crippen LogP contribution is -2.35. The minimum atomic E-state index is -0.176. The van der Waals surface area contributed by atoms with Crippen molar-refractivity contribution in [3.8, 4) is 0 Å². The van der Waals surface area contributed by atoms with Gasteiger partial charge in [-0.05, 0) is 51.0 Å². The maximum atomic E-state index is 12.3. The standard InChI is InChI=1S/C18H23N3O2S/c1-12-17(24-13(2)20-12)11-19-18(23)14-3-5-15(6-4-14)21-9-7-16(22)8-10-21/h3-6,16,22H,7-11H2,1-2H3,(H,19,23). The Balaban J connectivity index is 1.58.